The van der Waals surface area contributed by atoms with Gasteiger partial charge in [-0.3, -0.25) is 10.9 Å². The monoisotopic (exact) mass is 260 g/mol. The minimum Gasteiger partial charge on any atom is -0.300 e. The summed E-state index contributed by atoms with van der Waals surface area (Å²) in [5, 5.41) is -0.00311. The third-order valence-electron chi connectivity index (χ3n) is 1.65. The van der Waals surface area contributed by atoms with E-state index in [2.05, 4.69) is 27.9 Å². The van der Waals surface area contributed by atoms with Crippen LogP contribution in [0.4, 0.5) is 0 Å². The topological polar surface area (TPSA) is 96.2 Å². The Balaban J connectivity index is 2.56. The molecule has 0 aliphatic heterocycles. The summed E-state index contributed by atoms with van der Waals surface area (Å²) in [6, 6.07) is 8.79. The van der Waals surface area contributed by atoms with Crippen LogP contribution in [0.25, 0.3) is 0 Å². The fourth-order valence-corrected chi connectivity index (χ4v) is 2.07. The van der Waals surface area contributed by atoms with Crippen molar-refractivity contribution in [1.29, 1.82) is 0 Å². The highest BCUT2D eigenvalue weighted by Crippen LogP contribution is 2.02. The van der Waals surface area contributed by atoms with Gasteiger partial charge in [0.1, 0.15) is 0 Å². The lowest BCUT2D eigenvalue weighted by molar-refractivity contribution is 0.576. The highest BCUT2D eigenvalue weighted by molar-refractivity contribution is 7.88. The second-order valence-electron chi connectivity index (χ2n) is 2.95. The van der Waals surface area contributed by atoms with Gasteiger partial charge in [0.25, 0.3) is 0 Å². The largest absolute Gasteiger partial charge is 0.300 e. The molecule has 0 amide bonds. The lowest BCUT2D eigenvalue weighted by atomic mass is 10.2. The van der Waals surface area contributed by atoms with Gasteiger partial charge in [-0.05, 0) is 17.8 Å². The van der Waals surface area contributed by atoms with E-state index in [9.17, 15) is 8.42 Å². The maximum atomic E-state index is 11.5. The van der Waals surface area contributed by atoms with Gasteiger partial charge in [0.15, 0.2) is 5.11 Å². The summed E-state index contributed by atoms with van der Waals surface area (Å²) in [6.45, 7) is 0. The summed E-state index contributed by atoms with van der Waals surface area (Å²) in [7, 11) is -3.48. The number of benzene rings is 1. The quantitative estimate of drug-likeness (QED) is 0.327. The first-order valence-electron chi connectivity index (χ1n) is 4.33. The maximum Gasteiger partial charge on any atom is 0.232 e. The smallest absolute Gasteiger partial charge is 0.232 e. The summed E-state index contributed by atoms with van der Waals surface area (Å²) in [4.78, 5) is 2.10. The first-order chi connectivity index (χ1) is 7.53. The molecule has 1 rings (SSSR count). The molecule has 0 saturated heterocycles. The van der Waals surface area contributed by atoms with E-state index in [4.69, 9.17) is 5.84 Å². The van der Waals surface area contributed by atoms with Crippen molar-refractivity contribution in [3.8, 4) is 0 Å². The molecule has 0 saturated carbocycles. The van der Waals surface area contributed by atoms with Crippen molar-refractivity contribution in [2.45, 2.75) is 5.75 Å². The summed E-state index contributed by atoms with van der Waals surface area (Å²) in [6.07, 6.45) is 0. The molecule has 0 spiro atoms. The number of hydrogen-bond acceptors (Lipinski definition) is 4. The van der Waals surface area contributed by atoms with Crippen molar-refractivity contribution in [2.24, 2.45) is 5.84 Å². The highest BCUT2D eigenvalue weighted by atomic mass is 32.2. The molecule has 0 radical (unpaired) electrons. The van der Waals surface area contributed by atoms with Gasteiger partial charge < -0.3 is 0 Å². The molecule has 0 bridgehead atoms. The zero-order valence-corrected chi connectivity index (χ0v) is 9.94. The average Bonchev–Trinajstić information content (AvgIpc) is 2.27. The number of sulfonamides is 1. The minimum absolute atomic E-state index is 0.00311. The molecular weight excluding hydrogens is 248 g/mol. The normalized spacial score (nSPS) is 10.8. The standard InChI is InChI=1S/C8H12N4O2S2/c9-10-8(15)11-12-16(13,14)6-7-4-2-1-3-5-7/h1-5,12H,6,9H2,(H2,10,11,15). The van der Waals surface area contributed by atoms with Gasteiger partial charge in [0.05, 0.1) is 5.75 Å². The summed E-state index contributed by atoms with van der Waals surface area (Å²) in [5.74, 6) is 4.83. The molecule has 1 aromatic carbocycles. The average molecular weight is 260 g/mol. The Morgan fingerprint density at radius 3 is 2.50 bits per heavy atom. The van der Waals surface area contributed by atoms with E-state index < -0.39 is 10.0 Å². The Labute approximate surface area is 99.2 Å². The van der Waals surface area contributed by atoms with E-state index in [1.807, 2.05) is 6.07 Å². The molecule has 0 atom stereocenters. The number of hydrazine groups is 2. The third kappa shape index (κ3) is 4.53. The van der Waals surface area contributed by atoms with Crippen LogP contribution >= 0.6 is 12.2 Å². The van der Waals surface area contributed by atoms with E-state index >= 15 is 0 Å². The lowest BCUT2D eigenvalue weighted by Gasteiger charge is -2.09. The first-order valence-corrected chi connectivity index (χ1v) is 6.39. The third-order valence-corrected chi connectivity index (χ3v) is 3.00. The van der Waals surface area contributed by atoms with E-state index in [1.54, 1.807) is 24.3 Å². The van der Waals surface area contributed by atoms with Gasteiger partial charge in [0, 0.05) is 0 Å². The molecule has 0 unspecified atom stereocenters. The van der Waals surface area contributed by atoms with E-state index in [1.165, 1.54) is 0 Å². The predicted octanol–water partition coefficient (Wildman–Crippen LogP) is -0.641. The minimum atomic E-state index is -3.48. The Morgan fingerprint density at radius 2 is 1.94 bits per heavy atom. The van der Waals surface area contributed by atoms with E-state index in [0.717, 1.165) is 0 Å². The summed E-state index contributed by atoms with van der Waals surface area (Å²) >= 11 is 4.61. The van der Waals surface area contributed by atoms with Crippen molar-refractivity contribution in [2.75, 3.05) is 0 Å². The van der Waals surface area contributed by atoms with E-state index in [-0.39, 0.29) is 10.9 Å². The van der Waals surface area contributed by atoms with Gasteiger partial charge in [0.2, 0.25) is 10.0 Å². The van der Waals surface area contributed by atoms with E-state index in [0.29, 0.717) is 5.56 Å². The maximum absolute atomic E-state index is 11.5. The van der Waals surface area contributed by atoms with Gasteiger partial charge in [-0.15, -0.1) is 4.83 Å². The predicted molar refractivity (Wildman–Crippen MR) is 65.3 cm³/mol. The highest BCUT2D eigenvalue weighted by Gasteiger charge is 2.10. The fraction of sp³-hybridized carbons (Fsp3) is 0.125. The zero-order valence-electron chi connectivity index (χ0n) is 8.30. The Bertz CT molecular complexity index is 446. The molecule has 0 heterocycles. The second kappa shape index (κ2) is 5.75. The van der Waals surface area contributed by atoms with Crippen molar-refractivity contribution >= 4 is 27.4 Å². The van der Waals surface area contributed by atoms with Crippen molar-refractivity contribution in [3.63, 3.8) is 0 Å². The van der Waals surface area contributed by atoms with Crippen molar-refractivity contribution < 1.29 is 8.42 Å². The number of thiocarbonyl (C=S) groups is 1. The van der Waals surface area contributed by atoms with Crippen LogP contribution in [0.3, 0.4) is 0 Å². The molecule has 0 aliphatic rings. The molecular formula is C8H12N4O2S2. The molecule has 8 heteroatoms. The molecule has 1 aromatic rings. The first kappa shape index (κ1) is 12.8. The number of rotatable bonds is 4. The van der Waals surface area contributed by atoms with Gasteiger partial charge in [-0.25, -0.2) is 14.3 Å². The van der Waals surface area contributed by atoms with Crippen LogP contribution in [0.2, 0.25) is 0 Å². The molecule has 6 nitrogen and oxygen atoms in total. The lowest BCUT2D eigenvalue weighted by Crippen LogP contribution is -2.49. The molecule has 0 aliphatic carbocycles. The van der Waals surface area contributed by atoms with Crippen LogP contribution in [0, 0.1) is 0 Å². The van der Waals surface area contributed by atoms with Gasteiger partial charge in [-0.1, -0.05) is 30.3 Å². The molecule has 0 fully saturated rings. The molecule has 88 valence electrons. The van der Waals surface area contributed by atoms with Crippen molar-refractivity contribution in [1.82, 2.24) is 15.7 Å². The van der Waals surface area contributed by atoms with Crippen LogP contribution < -0.4 is 21.5 Å². The number of hydrogen-bond donors (Lipinski definition) is 4. The summed E-state index contributed by atoms with van der Waals surface area (Å²) < 4.78 is 23.0. The van der Waals surface area contributed by atoms with Crippen molar-refractivity contribution in [3.05, 3.63) is 35.9 Å². The summed E-state index contributed by atoms with van der Waals surface area (Å²) in [5.41, 5.74) is 5.03. The number of nitrogens with one attached hydrogen (secondary N) is 3. The molecule has 0 aromatic heterocycles. The van der Waals surface area contributed by atoms with Crippen LogP contribution in [0.15, 0.2) is 30.3 Å². The molecule has 5 N–H and O–H groups in total. The van der Waals surface area contributed by atoms with Gasteiger partial charge >= 0.3 is 0 Å². The van der Waals surface area contributed by atoms with Crippen LogP contribution in [-0.4, -0.2) is 13.5 Å². The van der Waals surface area contributed by atoms with Crippen LogP contribution in [-0.2, 0) is 15.8 Å². The van der Waals surface area contributed by atoms with Crippen LogP contribution in [0.1, 0.15) is 5.56 Å². The Morgan fingerprint density at radius 1 is 1.31 bits per heavy atom. The second-order valence-corrected chi connectivity index (χ2v) is 5.08. The molecule has 16 heavy (non-hydrogen) atoms. The Hall–Kier alpha value is -1.22. The Kier molecular flexibility index (Phi) is 4.62. The fourth-order valence-electron chi connectivity index (χ4n) is 0.990. The SMILES string of the molecule is NNC(=S)NNS(=O)(=O)Cc1ccccc1. The van der Waals surface area contributed by atoms with Crippen LogP contribution in [0.5, 0.6) is 0 Å². The number of nitrogens with two attached hydrogens (primary N) is 1. The van der Waals surface area contributed by atoms with Gasteiger partial charge in [-0.2, -0.15) is 0 Å². The zero-order chi connectivity index (χ0) is 12.0.